The predicted octanol–water partition coefficient (Wildman–Crippen LogP) is 3.33. The van der Waals surface area contributed by atoms with Gasteiger partial charge < -0.3 is 20.5 Å². The Morgan fingerprint density at radius 2 is 1.85 bits per heavy atom. The van der Waals surface area contributed by atoms with Gasteiger partial charge in [-0.05, 0) is 58.8 Å². The maximum atomic E-state index is 12.4. The minimum Gasteiger partial charge on any atom is -0.365 e. The molecule has 9 heteroatoms. The second kappa shape index (κ2) is 7.38. The third-order valence-corrected chi connectivity index (χ3v) is 6.53. The Morgan fingerprint density at radius 3 is 2.52 bits per heavy atom. The number of fused-ring (bicyclic) bond motifs is 1. The van der Waals surface area contributed by atoms with Gasteiger partial charge in [0.25, 0.3) is 5.91 Å². The number of ether oxygens (including phenoxy) is 2. The van der Waals surface area contributed by atoms with Crippen molar-refractivity contribution in [2.75, 3.05) is 23.8 Å². The number of thiophene rings is 1. The van der Waals surface area contributed by atoms with E-state index in [0.717, 1.165) is 14.0 Å². The van der Waals surface area contributed by atoms with Crippen LogP contribution in [0.5, 0.6) is 0 Å². The van der Waals surface area contributed by atoms with Crippen LogP contribution in [0.25, 0.3) is 0 Å². The molecule has 2 aromatic rings. The fourth-order valence-electron chi connectivity index (χ4n) is 3.46. The monoisotopic (exact) mass is 499 g/mol. The van der Waals surface area contributed by atoms with Gasteiger partial charge in [0, 0.05) is 27.0 Å². The number of nitrogens with two attached hydrogens (primary N) is 1. The normalized spacial score (nSPS) is 17.5. The lowest BCUT2D eigenvalue weighted by Crippen LogP contribution is -2.36. The summed E-state index contributed by atoms with van der Waals surface area (Å²) in [5, 5.41) is 6.00. The van der Waals surface area contributed by atoms with Crippen molar-refractivity contribution in [3.8, 4) is 0 Å². The molecule has 27 heavy (non-hydrogen) atoms. The molecule has 2 aliphatic rings. The molecule has 1 saturated heterocycles. The van der Waals surface area contributed by atoms with E-state index in [4.69, 9.17) is 15.2 Å². The number of hydrogen-bond acceptors (Lipinski definition) is 5. The third kappa shape index (κ3) is 3.82. The molecule has 0 unspecified atom stereocenters. The molecule has 4 N–H and O–H groups in total. The molecule has 1 aliphatic carbocycles. The van der Waals surface area contributed by atoms with E-state index in [0.29, 0.717) is 48.7 Å². The van der Waals surface area contributed by atoms with Crippen LogP contribution in [0, 0.1) is 3.57 Å². The number of hydrogen-bond donors (Lipinski definition) is 3. The molecule has 0 saturated carbocycles. The Kier molecular flexibility index (Phi) is 5.10. The molecule has 1 spiro atoms. The summed E-state index contributed by atoms with van der Waals surface area (Å²) in [5.74, 6) is -1.14. The van der Waals surface area contributed by atoms with Gasteiger partial charge in [-0.1, -0.05) is 0 Å². The van der Waals surface area contributed by atoms with Crippen LogP contribution in [0.1, 0.15) is 27.2 Å². The molecule has 0 bridgehead atoms. The number of urea groups is 1. The van der Waals surface area contributed by atoms with Crippen LogP contribution in [0.15, 0.2) is 24.3 Å². The summed E-state index contributed by atoms with van der Waals surface area (Å²) < 4.78 is 12.6. The second-order valence-corrected chi connectivity index (χ2v) is 8.79. The summed E-state index contributed by atoms with van der Waals surface area (Å²) in [6.45, 7) is 1.15. The van der Waals surface area contributed by atoms with Gasteiger partial charge in [0.1, 0.15) is 5.00 Å². The van der Waals surface area contributed by atoms with Gasteiger partial charge >= 0.3 is 6.03 Å². The van der Waals surface area contributed by atoms with Crippen LogP contribution >= 0.6 is 33.9 Å². The Hall–Kier alpha value is -1.69. The Bertz CT molecular complexity index is 891. The first kappa shape index (κ1) is 18.7. The van der Waals surface area contributed by atoms with E-state index in [1.54, 1.807) is 0 Å². The lowest BCUT2D eigenvalue weighted by Gasteiger charge is -2.31. The summed E-state index contributed by atoms with van der Waals surface area (Å²) in [4.78, 5) is 25.4. The zero-order valence-corrected chi connectivity index (χ0v) is 17.3. The van der Waals surface area contributed by atoms with Gasteiger partial charge in [0.2, 0.25) is 0 Å². The van der Waals surface area contributed by atoms with E-state index in [-0.39, 0.29) is 0 Å². The fourth-order valence-corrected chi connectivity index (χ4v) is 5.15. The molecule has 4 rings (SSSR count). The smallest absolute Gasteiger partial charge is 0.324 e. The molecular formula is C18H18IN3O4S. The standard InChI is InChI=1S/C18H18IN3O4S/c19-10-1-3-11(4-2-10)21-17(24)22-16-14(15(20)23)12-5-6-18(9-13(12)27-16)25-7-8-26-18/h1-4H,5-9H2,(H2,20,23)(H2,21,22,24). The maximum Gasteiger partial charge on any atom is 0.324 e. The van der Waals surface area contributed by atoms with Crippen molar-refractivity contribution in [3.05, 3.63) is 43.8 Å². The number of carbonyl (C=O) groups is 2. The Balaban J connectivity index is 1.55. The van der Waals surface area contributed by atoms with Crippen molar-refractivity contribution in [2.45, 2.75) is 25.0 Å². The summed E-state index contributed by atoms with van der Waals surface area (Å²) in [6, 6.07) is 7.01. The molecular weight excluding hydrogens is 481 g/mol. The Morgan fingerprint density at radius 1 is 1.15 bits per heavy atom. The zero-order valence-electron chi connectivity index (χ0n) is 14.3. The topological polar surface area (TPSA) is 103 Å². The van der Waals surface area contributed by atoms with Gasteiger partial charge in [0.15, 0.2) is 5.79 Å². The molecule has 1 fully saturated rings. The first-order chi connectivity index (χ1) is 13.0. The van der Waals surface area contributed by atoms with Gasteiger partial charge in [-0.2, -0.15) is 0 Å². The highest BCUT2D eigenvalue weighted by atomic mass is 127. The number of halogens is 1. The number of carbonyl (C=O) groups excluding carboxylic acids is 2. The molecule has 0 atom stereocenters. The van der Waals surface area contributed by atoms with Crippen LogP contribution in [0.3, 0.4) is 0 Å². The van der Waals surface area contributed by atoms with E-state index in [1.165, 1.54) is 11.3 Å². The Labute approximate surface area is 173 Å². The molecule has 2 heterocycles. The molecule has 7 nitrogen and oxygen atoms in total. The highest BCUT2D eigenvalue weighted by Gasteiger charge is 2.42. The lowest BCUT2D eigenvalue weighted by atomic mass is 9.90. The van der Waals surface area contributed by atoms with Crippen LogP contribution in [-0.4, -0.2) is 30.9 Å². The number of primary amides is 1. The van der Waals surface area contributed by atoms with E-state index >= 15 is 0 Å². The molecule has 1 aromatic carbocycles. The molecule has 0 radical (unpaired) electrons. The zero-order chi connectivity index (χ0) is 19.0. The third-order valence-electron chi connectivity index (χ3n) is 4.67. The highest BCUT2D eigenvalue weighted by Crippen LogP contribution is 2.43. The van der Waals surface area contributed by atoms with Gasteiger partial charge in [-0.15, -0.1) is 11.3 Å². The number of amides is 3. The first-order valence-corrected chi connectivity index (χ1v) is 10.4. The molecule has 3 amide bonds. The summed E-state index contributed by atoms with van der Waals surface area (Å²) in [5.41, 5.74) is 7.55. The maximum absolute atomic E-state index is 12.4. The minimum absolute atomic E-state index is 0.389. The van der Waals surface area contributed by atoms with E-state index in [2.05, 4.69) is 33.2 Å². The van der Waals surface area contributed by atoms with Crippen LogP contribution in [-0.2, 0) is 22.3 Å². The largest absolute Gasteiger partial charge is 0.365 e. The molecule has 142 valence electrons. The average molecular weight is 499 g/mol. The fraction of sp³-hybridized carbons (Fsp3) is 0.333. The van der Waals surface area contributed by atoms with Crippen molar-refractivity contribution < 1.29 is 19.1 Å². The quantitative estimate of drug-likeness (QED) is 0.564. The molecule has 1 aliphatic heterocycles. The van der Waals surface area contributed by atoms with Crippen molar-refractivity contribution in [2.24, 2.45) is 5.73 Å². The van der Waals surface area contributed by atoms with Gasteiger partial charge in [-0.25, -0.2) is 4.79 Å². The van der Waals surface area contributed by atoms with Gasteiger partial charge in [-0.3, -0.25) is 10.1 Å². The number of rotatable bonds is 3. The second-order valence-electron chi connectivity index (χ2n) is 6.44. The number of benzene rings is 1. The first-order valence-electron chi connectivity index (χ1n) is 8.52. The van der Waals surface area contributed by atoms with Crippen molar-refractivity contribution in [1.29, 1.82) is 0 Å². The van der Waals surface area contributed by atoms with Crippen LogP contribution in [0.2, 0.25) is 0 Å². The highest BCUT2D eigenvalue weighted by molar-refractivity contribution is 14.1. The van der Waals surface area contributed by atoms with Gasteiger partial charge in [0.05, 0.1) is 18.8 Å². The number of anilines is 2. The summed E-state index contributed by atoms with van der Waals surface area (Å²) in [6.07, 6.45) is 1.86. The van der Waals surface area contributed by atoms with E-state index in [1.807, 2.05) is 24.3 Å². The summed E-state index contributed by atoms with van der Waals surface area (Å²) >= 11 is 3.55. The van der Waals surface area contributed by atoms with Crippen molar-refractivity contribution >= 4 is 56.6 Å². The number of nitrogens with one attached hydrogen (secondary N) is 2. The van der Waals surface area contributed by atoms with E-state index in [9.17, 15) is 9.59 Å². The summed E-state index contributed by atoms with van der Waals surface area (Å²) in [7, 11) is 0. The SMILES string of the molecule is NC(=O)c1c(NC(=O)Nc2ccc(I)cc2)sc2c1CCC1(C2)OCCO1. The predicted molar refractivity (Wildman–Crippen MR) is 111 cm³/mol. The van der Waals surface area contributed by atoms with Crippen molar-refractivity contribution in [3.63, 3.8) is 0 Å². The van der Waals surface area contributed by atoms with E-state index < -0.39 is 17.7 Å². The van der Waals surface area contributed by atoms with Crippen LogP contribution in [0.4, 0.5) is 15.5 Å². The van der Waals surface area contributed by atoms with Crippen LogP contribution < -0.4 is 16.4 Å². The lowest BCUT2D eigenvalue weighted by molar-refractivity contribution is -0.163. The molecule has 1 aromatic heterocycles. The van der Waals surface area contributed by atoms with Crippen molar-refractivity contribution in [1.82, 2.24) is 0 Å². The minimum atomic E-state index is -0.604. The average Bonchev–Trinajstić information content (AvgIpc) is 3.21.